The Morgan fingerprint density at radius 2 is 1.62 bits per heavy atom. The number of rotatable bonds is 4. The summed E-state index contributed by atoms with van der Waals surface area (Å²) in [5.74, 6) is -1.40. The van der Waals surface area contributed by atoms with Crippen LogP contribution in [0.15, 0.2) is 89.3 Å². The Labute approximate surface area is 193 Å². The van der Waals surface area contributed by atoms with Gasteiger partial charge in [0.1, 0.15) is 11.4 Å². The van der Waals surface area contributed by atoms with Gasteiger partial charge in [-0.3, -0.25) is 0 Å². The van der Waals surface area contributed by atoms with Gasteiger partial charge in [-0.2, -0.15) is 0 Å². The molecule has 0 aliphatic carbocycles. The first-order chi connectivity index (χ1) is 16.5. The molecule has 6 nitrogen and oxygen atoms in total. The van der Waals surface area contributed by atoms with Crippen molar-refractivity contribution >= 4 is 45.4 Å². The van der Waals surface area contributed by atoms with Crippen LogP contribution in [-0.2, 0) is 4.74 Å². The van der Waals surface area contributed by atoms with Crippen molar-refractivity contribution in [1.82, 2.24) is 0 Å². The van der Waals surface area contributed by atoms with Crippen molar-refractivity contribution in [3.63, 3.8) is 0 Å². The summed E-state index contributed by atoms with van der Waals surface area (Å²) in [6.07, 6.45) is -0.796. The number of amides is 1. The lowest BCUT2D eigenvalue weighted by Gasteiger charge is -2.21. The molecule has 0 aliphatic heterocycles. The van der Waals surface area contributed by atoms with Gasteiger partial charge >= 0.3 is 12.1 Å². The van der Waals surface area contributed by atoms with Gasteiger partial charge in [-0.05, 0) is 52.2 Å². The molecule has 1 amide bonds. The molecule has 168 valence electrons. The Bertz CT molecular complexity index is 1560. The molecule has 0 fully saturated rings. The van der Waals surface area contributed by atoms with Crippen molar-refractivity contribution < 1.29 is 28.2 Å². The molecule has 0 bridgehead atoms. The number of hydrogen-bond donors (Lipinski definition) is 1. The molecule has 1 N–H and O–H groups in total. The summed E-state index contributed by atoms with van der Waals surface area (Å²) in [5.41, 5.74) is 2.22. The van der Waals surface area contributed by atoms with Crippen LogP contribution in [0.1, 0.15) is 10.4 Å². The van der Waals surface area contributed by atoms with E-state index in [0.717, 1.165) is 21.4 Å². The van der Waals surface area contributed by atoms with Crippen LogP contribution in [0.25, 0.3) is 32.9 Å². The summed E-state index contributed by atoms with van der Waals surface area (Å²) in [6.45, 7) is 0. The zero-order valence-corrected chi connectivity index (χ0v) is 18.0. The van der Waals surface area contributed by atoms with Crippen molar-refractivity contribution in [3.8, 4) is 11.1 Å². The molecular weight excluding hydrogens is 437 g/mol. The number of carboxylic acid groups (broad SMARTS) is 1. The first-order valence-corrected chi connectivity index (χ1v) is 10.4. The summed E-state index contributed by atoms with van der Waals surface area (Å²) in [5, 5.41) is 11.9. The van der Waals surface area contributed by atoms with Crippen molar-refractivity contribution in [2.45, 2.75) is 0 Å². The van der Waals surface area contributed by atoms with E-state index in [1.807, 2.05) is 18.2 Å². The van der Waals surface area contributed by atoms with Gasteiger partial charge in [0.15, 0.2) is 0 Å². The van der Waals surface area contributed by atoms with Crippen molar-refractivity contribution in [2.75, 3.05) is 12.0 Å². The first kappa shape index (κ1) is 21.2. The maximum absolute atomic E-state index is 13.3. The zero-order valence-electron chi connectivity index (χ0n) is 18.0. The van der Waals surface area contributed by atoms with Crippen molar-refractivity contribution in [2.24, 2.45) is 0 Å². The molecular formula is C27H18FNO5. The molecule has 0 saturated carbocycles. The van der Waals surface area contributed by atoms with Crippen LogP contribution in [0.3, 0.4) is 0 Å². The predicted octanol–water partition coefficient (Wildman–Crippen LogP) is 6.99. The number of ether oxygens (including phenoxy) is 1. The second kappa shape index (κ2) is 8.37. The van der Waals surface area contributed by atoms with Gasteiger partial charge in [-0.1, -0.05) is 48.5 Å². The van der Waals surface area contributed by atoms with Gasteiger partial charge in [0, 0.05) is 11.5 Å². The summed E-state index contributed by atoms with van der Waals surface area (Å²) >= 11 is 0. The number of carboxylic acids is 1. The number of halogens is 1. The molecule has 7 heteroatoms. The molecule has 0 saturated heterocycles. The molecule has 0 unspecified atom stereocenters. The lowest BCUT2D eigenvalue weighted by molar-refractivity contribution is 0.0700. The van der Waals surface area contributed by atoms with E-state index in [-0.39, 0.29) is 23.0 Å². The van der Waals surface area contributed by atoms with E-state index in [1.54, 1.807) is 54.6 Å². The fourth-order valence-corrected chi connectivity index (χ4v) is 4.03. The number of carbonyl (C=O) groups excluding carboxylic acids is 1. The van der Waals surface area contributed by atoms with Crippen molar-refractivity contribution in [1.29, 1.82) is 0 Å². The van der Waals surface area contributed by atoms with Crippen molar-refractivity contribution in [3.05, 3.63) is 96.3 Å². The number of fused-ring (bicyclic) bond motifs is 2. The highest BCUT2D eigenvalue weighted by Gasteiger charge is 2.28. The fraction of sp³-hybridized carbons (Fsp3) is 0.0370. The van der Waals surface area contributed by atoms with E-state index in [1.165, 1.54) is 19.2 Å². The molecule has 5 rings (SSSR count). The lowest BCUT2D eigenvalue weighted by Crippen LogP contribution is -2.27. The third-order valence-electron chi connectivity index (χ3n) is 5.62. The summed E-state index contributed by atoms with van der Waals surface area (Å²) < 4.78 is 24.2. The van der Waals surface area contributed by atoms with Gasteiger partial charge in [0.05, 0.1) is 18.4 Å². The maximum atomic E-state index is 13.3. The first-order valence-electron chi connectivity index (χ1n) is 10.4. The Balaban J connectivity index is 1.67. The van der Waals surface area contributed by atoms with Crippen LogP contribution >= 0.6 is 0 Å². The minimum absolute atomic E-state index is 0.0454. The Morgan fingerprint density at radius 1 is 0.882 bits per heavy atom. The molecule has 0 aliphatic rings. The van der Waals surface area contributed by atoms with Crippen LogP contribution in [0.2, 0.25) is 0 Å². The van der Waals surface area contributed by atoms with Crippen LogP contribution in [-0.4, -0.2) is 24.3 Å². The van der Waals surface area contributed by atoms with Gasteiger partial charge in [0.25, 0.3) is 0 Å². The van der Waals surface area contributed by atoms with Crippen LogP contribution in [0.4, 0.5) is 20.8 Å². The van der Waals surface area contributed by atoms with Crippen LogP contribution < -0.4 is 4.90 Å². The number of hydrogen-bond acceptors (Lipinski definition) is 4. The van der Waals surface area contributed by atoms with E-state index in [9.17, 15) is 19.1 Å². The Kier molecular flexibility index (Phi) is 5.22. The summed E-state index contributed by atoms with van der Waals surface area (Å²) in [7, 11) is 1.21. The average Bonchev–Trinajstić information content (AvgIpc) is 3.26. The highest BCUT2D eigenvalue weighted by Crippen LogP contribution is 2.38. The number of nitrogens with zero attached hydrogens (tertiary/aromatic N) is 1. The number of furan rings is 1. The van der Waals surface area contributed by atoms with E-state index in [4.69, 9.17) is 9.15 Å². The normalized spacial score (nSPS) is 11.0. The Hall–Kier alpha value is -4.65. The van der Waals surface area contributed by atoms with Crippen LogP contribution in [0, 0.1) is 5.82 Å². The highest BCUT2D eigenvalue weighted by molar-refractivity contribution is 6.12. The predicted molar refractivity (Wildman–Crippen MR) is 127 cm³/mol. The van der Waals surface area contributed by atoms with Crippen LogP contribution in [0.5, 0.6) is 0 Å². The monoisotopic (exact) mass is 455 g/mol. The largest absolute Gasteiger partial charge is 0.478 e. The molecule has 0 spiro atoms. The maximum Gasteiger partial charge on any atom is 0.421 e. The number of aromatic carboxylic acids is 1. The second-order valence-electron chi connectivity index (χ2n) is 7.64. The standard InChI is InChI=1S/C27H18FNO5/c1-33-27(32)29(22-12-8-17-4-2-3-5-21(17)25(22)26(30)31)24-15-19-14-18(9-13-23(19)34-24)16-6-10-20(28)11-7-16/h2-15H,1H3,(H,30,31). The summed E-state index contributed by atoms with van der Waals surface area (Å²) in [6, 6.07) is 23.5. The lowest BCUT2D eigenvalue weighted by atomic mass is 10.0. The minimum Gasteiger partial charge on any atom is -0.478 e. The topological polar surface area (TPSA) is 80.0 Å². The van der Waals surface area contributed by atoms with E-state index >= 15 is 0 Å². The van der Waals surface area contributed by atoms with E-state index in [2.05, 4.69) is 0 Å². The highest BCUT2D eigenvalue weighted by atomic mass is 19.1. The number of anilines is 2. The van der Waals surface area contributed by atoms with E-state index in [0.29, 0.717) is 16.4 Å². The molecule has 5 aromatic rings. The SMILES string of the molecule is COC(=O)N(c1cc2cc(-c3ccc(F)cc3)ccc2o1)c1ccc2ccccc2c1C(=O)O. The summed E-state index contributed by atoms with van der Waals surface area (Å²) in [4.78, 5) is 26.2. The number of methoxy groups -OCH3 is 1. The van der Waals surface area contributed by atoms with Gasteiger partial charge < -0.3 is 14.3 Å². The fourth-order valence-electron chi connectivity index (χ4n) is 4.03. The molecule has 1 heterocycles. The second-order valence-corrected chi connectivity index (χ2v) is 7.64. The van der Waals surface area contributed by atoms with Gasteiger partial charge in [-0.25, -0.2) is 18.9 Å². The zero-order chi connectivity index (χ0) is 23.8. The number of carbonyl (C=O) groups is 2. The molecule has 0 atom stereocenters. The number of benzene rings is 4. The van der Waals surface area contributed by atoms with Gasteiger partial charge in [0.2, 0.25) is 5.88 Å². The molecule has 4 aromatic carbocycles. The average molecular weight is 455 g/mol. The third kappa shape index (κ3) is 3.63. The quantitative estimate of drug-likeness (QED) is 0.316. The minimum atomic E-state index is -1.18. The van der Waals surface area contributed by atoms with Gasteiger partial charge in [-0.15, -0.1) is 0 Å². The smallest absolute Gasteiger partial charge is 0.421 e. The molecule has 0 radical (unpaired) electrons. The third-order valence-corrected chi connectivity index (χ3v) is 5.62. The molecule has 34 heavy (non-hydrogen) atoms. The van der Waals surface area contributed by atoms with E-state index < -0.39 is 12.1 Å². The Morgan fingerprint density at radius 3 is 2.35 bits per heavy atom. The molecule has 1 aromatic heterocycles.